The van der Waals surface area contributed by atoms with E-state index in [2.05, 4.69) is 11.2 Å². The Hall–Kier alpha value is -3.47. The molecule has 1 fully saturated rings. The van der Waals surface area contributed by atoms with E-state index < -0.39 is 30.5 Å². The minimum absolute atomic E-state index is 0.220. The molecule has 1 aliphatic heterocycles. The van der Waals surface area contributed by atoms with Gasteiger partial charge in [-0.1, -0.05) is 96.9 Å². The lowest BCUT2D eigenvalue weighted by Gasteiger charge is -2.45. The lowest BCUT2D eigenvalue weighted by Crippen LogP contribution is -2.65. The first kappa shape index (κ1) is 26.6. The van der Waals surface area contributed by atoms with Gasteiger partial charge in [-0.25, -0.2) is 0 Å². The summed E-state index contributed by atoms with van der Waals surface area (Å²) in [6.07, 6.45) is 3.56. The molecule has 0 aromatic heterocycles. The summed E-state index contributed by atoms with van der Waals surface area (Å²) >= 11 is 0. The highest BCUT2D eigenvalue weighted by atomic mass is 16.6. The summed E-state index contributed by atoms with van der Waals surface area (Å²) in [5, 5.41) is 2.95. The van der Waals surface area contributed by atoms with E-state index in [9.17, 15) is 4.79 Å². The molecule has 5 atom stereocenters. The Morgan fingerprint density at radius 3 is 1.78 bits per heavy atom. The zero-order chi connectivity index (χ0) is 25.9. The SMILES string of the molecule is C#C[C@H]1O[C@H](COCc2ccccc2)[C@H](OCc2ccccc2)[C@H](OCc2ccccc2)[C@H]1NC(C)=O. The topological polar surface area (TPSA) is 66.0 Å². The Labute approximate surface area is 218 Å². The average molecular weight is 500 g/mol. The predicted molar refractivity (Wildman–Crippen MR) is 141 cm³/mol. The zero-order valence-electron chi connectivity index (χ0n) is 21.0. The highest BCUT2D eigenvalue weighted by Crippen LogP contribution is 2.28. The maximum absolute atomic E-state index is 12.1. The highest BCUT2D eigenvalue weighted by molar-refractivity contribution is 5.73. The zero-order valence-corrected chi connectivity index (χ0v) is 21.0. The summed E-state index contributed by atoms with van der Waals surface area (Å²) in [7, 11) is 0. The van der Waals surface area contributed by atoms with Gasteiger partial charge in [-0.15, -0.1) is 6.42 Å². The van der Waals surface area contributed by atoms with Gasteiger partial charge in [0.25, 0.3) is 0 Å². The molecule has 0 spiro atoms. The van der Waals surface area contributed by atoms with Crippen LogP contribution < -0.4 is 5.32 Å². The van der Waals surface area contributed by atoms with Crippen LogP contribution in [-0.2, 0) is 43.6 Å². The molecular weight excluding hydrogens is 466 g/mol. The van der Waals surface area contributed by atoms with E-state index in [1.807, 2.05) is 91.0 Å². The van der Waals surface area contributed by atoms with Crippen LogP contribution in [0.1, 0.15) is 23.6 Å². The maximum Gasteiger partial charge on any atom is 0.217 e. The Morgan fingerprint density at radius 2 is 1.30 bits per heavy atom. The first-order valence-corrected chi connectivity index (χ1v) is 12.5. The molecular formula is C31H33NO5. The van der Waals surface area contributed by atoms with Gasteiger partial charge in [0.05, 0.1) is 32.5 Å². The number of hydrogen-bond donors (Lipinski definition) is 1. The van der Waals surface area contributed by atoms with Crippen LogP contribution >= 0.6 is 0 Å². The molecule has 6 heteroatoms. The number of carbonyl (C=O) groups is 1. The van der Waals surface area contributed by atoms with Gasteiger partial charge in [0, 0.05) is 6.92 Å². The van der Waals surface area contributed by atoms with E-state index in [4.69, 9.17) is 25.4 Å². The van der Waals surface area contributed by atoms with Crippen molar-refractivity contribution in [2.45, 2.75) is 57.2 Å². The Bertz CT molecular complexity index is 1130. The minimum atomic E-state index is -0.702. The third kappa shape index (κ3) is 7.75. The van der Waals surface area contributed by atoms with E-state index in [0.29, 0.717) is 19.8 Å². The van der Waals surface area contributed by atoms with Crippen molar-refractivity contribution in [3.63, 3.8) is 0 Å². The van der Waals surface area contributed by atoms with Crippen molar-refractivity contribution in [1.82, 2.24) is 5.32 Å². The fourth-order valence-electron chi connectivity index (χ4n) is 4.41. The second kappa shape index (κ2) is 13.7. The second-order valence-electron chi connectivity index (χ2n) is 9.01. The average Bonchev–Trinajstić information content (AvgIpc) is 2.93. The summed E-state index contributed by atoms with van der Waals surface area (Å²) < 4.78 is 25.2. The largest absolute Gasteiger partial charge is 0.374 e. The number of hydrogen-bond acceptors (Lipinski definition) is 5. The number of terminal acetylenes is 1. The highest BCUT2D eigenvalue weighted by Gasteiger charge is 2.47. The molecule has 0 aliphatic carbocycles. The lowest BCUT2D eigenvalue weighted by atomic mass is 9.92. The van der Waals surface area contributed by atoms with Crippen LogP contribution in [0.2, 0.25) is 0 Å². The summed E-state index contributed by atoms with van der Waals surface area (Å²) in [4.78, 5) is 12.1. The van der Waals surface area contributed by atoms with E-state index >= 15 is 0 Å². The molecule has 6 nitrogen and oxygen atoms in total. The number of carbonyl (C=O) groups excluding carboxylic acids is 1. The van der Waals surface area contributed by atoms with E-state index in [1.54, 1.807) is 0 Å². The third-order valence-corrected chi connectivity index (χ3v) is 6.19. The van der Waals surface area contributed by atoms with Gasteiger partial charge in [0.1, 0.15) is 24.4 Å². The van der Waals surface area contributed by atoms with Crippen LogP contribution in [0.5, 0.6) is 0 Å². The first-order chi connectivity index (χ1) is 18.1. The van der Waals surface area contributed by atoms with Gasteiger partial charge in [0.2, 0.25) is 5.91 Å². The summed E-state index contributed by atoms with van der Waals surface area (Å²) in [6, 6.07) is 29.1. The van der Waals surface area contributed by atoms with E-state index in [1.165, 1.54) is 6.92 Å². The summed E-state index contributed by atoms with van der Waals surface area (Å²) in [5.74, 6) is 2.47. The Balaban J connectivity index is 1.57. The molecule has 0 bridgehead atoms. The molecule has 3 aromatic carbocycles. The molecule has 1 amide bonds. The van der Waals surface area contributed by atoms with E-state index in [-0.39, 0.29) is 12.5 Å². The Morgan fingerprint density at radius 1 is 0.811 bits per heavy atom. The number of ether oxygens (including phenoxy) is 4. The molecule has 1 N–H and O–H groups in total. The molecule has 1 heterocycles. The van der Waals surface area contributed by atoms with Gasteiger partial charge >= 0.3 is 0 Å². The normalized spacial score (nSPS) is 23.2. The van der Waals surface area contributed by atoms with Crippen molar-refractivity contribution < 1.29 is 23.7 Å². The monoisotopic (exact) mass is 499 g/mol. The quantitative estimate of drug-likeness (QED) is 0.399. The van der Waals surface area contributed by atoms with Crippen molar-refractivity contribution in [2.24, 2.45) is 0 Å². The third-order valence-electron chi connectivity index (χ3n) is 6.19. The van der Waals surface area contributed by atoms with E-state index in [0.717, 1.165) is 16.7 Å². The van der Waals surface area contributed by atoms with Gasteiger partial charge < -0.3 is 24.3 Å². The molecule has 3 aromatic rings. The van der Waals surface area contributed by atoms with Crippen LogP contribution in [0.25, 0.3) is 0 Å². The van der Waals surface area contributed by atoms with Crippen LogP contribution in [0.15, 0.2) is 91.0 Å². The lowest BCUT2D eigenvalue weighted by molar-refractivity contribution is -0.222. The van der Waals surface area contributed by atoms with Crippen molar-refractivity contribution in [3.8, 4) is 12.3 Å². The van der Waals surface area contributed by atoms with Crippen LogP contribution in [-0.4, -0.2) is 43.0 Å². The molecule has 0 saturated carbocycles. The fraction of sp³-hybridized carbons (Fsp3) is 0.323. The van der Waals surface area contributed by atoms with Crippen molar-refractivity contribution >= 4 is 5.91 Å². The fourth-order valence-corrected chi connectivity index (χ4v) is 4.41. The predicted octanol–water partition coefficient (Wildman–Crippen LogP) is 4.28. The van der Waals surface area contributed by atoms with Gasteiger partial charge in [0.15, 0.2) is 0 Å². The van der Waals surface area contributed by atoms with Gasteiger partial charge in [-0.05, 0) is 16.7 Å². The summed E-state index contributed by atoms with van der Waals surface area (Å²) in [6.45, 7) is 2.82. The van der Waals surface area contributed by atoms with Crippen molar-refractivity contribution in [3.05, 3.63) is 108 Å². The van der Waals surface area contributed by atoms with Crippen LogP contribution in [0.4, 0.5) is 0 Å². The molecule has 192 valence electrons. The maximum atomic E-state index is 12.1. The standard InChI is InChI=1S/C31H33NO5/c1-3-27-29(32-23(2)33)31(36-21-26-17-11-6-12-18-26)30(35-20-25-15-9-5-10-16-25)28(37-27)22-34-19-24-13-7-4-8-14-24/h1,4-18,27-31H,19-22H2,2H3,(H,32,33)/t27-,28-,29+,30+,31-/m1/s1. The summed E-state index contributed by atoms with van der Waals surface area (Å²) in [5.41, 5.74) is 3.08. The molecule has 37 heavy (non-hydrogen) atoms. The van der Waals surface area contributed by atoms with Gasteiger partial charge in [-0.2, -0.15) is 0 Å². The van der Waals surface area contributed by atoms with Crippen LogP contribution in [0.3, 0.4) is 0 Å². The molecule has 1 aliphatic rings. The molecule has 1 saturated heterocycles. The molecule has 0 radical (unpaired) electrons. The van der Waals surface area contributed by atoms with Crippen molar-refractivity contribution in [2.75, 3.05) is 6.61 Å². The second-order valence-corrected chi connectivity index (χ2v) is 9.01. The minimum Gasteiger partial charge on any atom is -0.374 e. The molecule has 0 unspecified atom stereocenters. The number of rotatable bonds is 11. The Kier molecular flexibility index (Phi) is 9.87. The first-order valence-electron chi connectivity index (χ1n) is 12.5. The van der Waals surface area contributed by atoms with Crippen LogP contribution in [0, 0.1) is 12.3 Å². The van der Waals surface area contributed by atoms with Gasteiger partial charge in [-0.3, -0.25) is 4.79 Å². The number of amides is 1. The number of benzene rings is 3. The smallest absolute Gasteiger partial charge is 0.217 e. The molecule has 4 rings (SSSR count). The van der Waals surface area contributed by atoms with Crippen molar-refractivity contribution in [1.29, 1.82) is 0 Å². The number of nitrogens with one attached hydrogen (secondary N) is 1.